The number of nitrogens with one attached hydrogen (secondary N) is 1. The molecule has 1 aromatic carbocycles. The van der Waals surface area contributed by atoms with Crippen LogP contribution in [-0.2, 0) is 10.0 Å². The maximum Gasteiger partial charge on any atom is 0.306 e. The molecule has 0 spiro atoms. The molecule has 1 saturated carbocycles. The van der Waals surface area contributed by atoms with Crippen LogP contribution in [0.15, 0.2) is 23.1 Å². The van der Waals surface area contributed by atoms with Crippen molar-refractivity contribution in [3.8, 4) is 0 Å². The van der Waals surface area contributed by atoms with Crippen molar-refractivity contribution in [2.45, 2.75) is 37.1 Å². The highest BCUT2D eigenvalue weighted by atomic mass is 32.2. The molecule has 2 rings (SSSR count). The molecule has 1 aromatic rings. The van der Waals surface area contributed by atoms with Crippen molar-refractivity contribution >= 4 is 15.7 Å². The van der Waals surface area contributed by atoms with Crippen LogP contribution in [0.2, 0.25) is 0 Å². The lowest BCUT2D eigenvalue weighted by Crippen LogP contribution is -2.33. The van der Waals surface area contributed by atoms with Gasteiger partial charge in [0.1, 0.15) is 0 Å². The van der Waals surface area contributed by atoms with E-state index in [0.29, 0.717) is 5.92 Å². The van der Waals surface area contributed by atoms with Crippen molar-refractivity contribution in [2.75, 3.05) is 0 Å². The second kappa shape index (κ2) is 5.45. The molecule has 0 aliphatic heterocycles. The van der Waals surface area contributed by atoms with E-state index in [1.54, 1.807) is 0 Å². The standard InChI is InChI=1S/C12H15FN2O4S/c1-8-2-3-9(6-8)14-20(18,19)10-4-5-11(13)12(7-10)15(16)17/h4-5,7-9,14H,2-3,6H2,1H3. The van der Waals surface area contributed by atoms with Crippen LogP contribution in [0.25, 0.3) is 0 Å². The number of nitro benzene ring substituents is 1. The molecule has 1 aliphatic carbocycles. The van der Waals surface area contributed by atoms with E-state index in [4.69, 9.17) is 0 Å². The van der Waals surface area contributed by atoms with Gasteiger partial charge in [-0.3, -0.25) is 10.1 Å². The number of rotatable bonds is 4. The fraction of sp³-hybridized carbons (Fsp3) is 0.500. The van der Waals surface area contributed by atoms with Gasteiger partial charge in [-0.2, -0.15) is 4.39 Å². The van der Waals surface area contributed by atoms with E-state index < -0.39 is 26.5 Å². The van der Waals surface area contributed by atoms with Gasteiger partial charge >= 0.3 is 5.69 Å². The van der Waals surface area contributed by atoms with Gasteiger partial charge in [0, 0.05) is 12.1 Å². The van der Waals surface area contributed by atoms with Gasteiger partial charge in [-0.15, -0.1) is 0 Å². The monoisotopic (exact) mass is 302 g/mol. The zero-order valence-electron chi connectivity index (χ0n) is 10.9. The van der Waals surface area contributed by atoms with Crippen molar-refractivity contribution in [3.05, 3.63) is 34.1 Å². The van der Waals surface area contributed by atoms with E-state index in [9.17, 15) is 22.9 Å². The molecule has 110 valence electrons. The second-order valence-electron chi connectivity index (χ2n) is 5.11. The average molecular weight is 302 g/mol. The summed E-state index contributed by atoms with van der Waals surface area (Å²) in [5.74, 6) is -0.603. The number of hydrogen-bond donors (Lipinski definition) is 1. The summed E-state index contributed by atoms with van der Waals surface area (Å²) in [6, 6.07) is 2.40. The number of nitro groups is 1. The number of benzene rings is 1. The van der Waals surface area contributed by atoms with Crippen LogP contribution in [0, 0.1) is 21.8 Å². The number of sulfonamides is 1. The van der Waals surface area contributed by atoms with Gasteiger partial charge in [0.15, 0.2) is 0 Å². The van der Waals surface area contributed by atoms with Crippen LogP contribution in [0.1, 0.15) is 26.2 Å². The Morgan fingerprint density at radius 1 is 1.40 bits per heavy atom. The van der Waals surface area contributed by atoms with Gasteiger partial charge in [0.2, 0.25) is 15.8 Å². The second-order valence-corrected chi connectivity index (χ2v) is 6.82. The van der Waals surface area contributed by atoms with Crippen molar-refractivity contribution < 1.29 is 17.7 Å². The Labute approximate surface area is 116 Å². The summed E-state index contributed by atoms with van der Waals surface area (Å²) in [4.78, 5) is 9.41. The number of halogens is 1. The van der Waals surface area contributed by atoms with Crippen molar-refractivity contribution in [3.63, 3.8) is 0 Å². The summed E-state index contributed by atoms with van der Waals surface area (Å²) in [6.07, 6.45) is 2.42. The molecule has 1 aliphatic rings. The molecule has 6 nitrogen and oxygen atoms in total. The lowest BCUT2D eigenvalue weighted by Gasteiger charge is -2.12. The van der Waals surface area contributed by atoms with Gasteiger partial charge < -0.3 is 0 Å². The highest BCUT2D eigenvalue weighted by Gasteiger charge is 2.28. The molecule has 0 amide bonds. The summed E-state index contributed by atoms with van der Waals surface area (Å²) >= 11 is 0. The molecule has 0 radical (unpaired) electrons. The molecular weight excluding hydrogens is 287 g/mol. The largest absolute Gasteiger partial charge is 0.306 e. The molecule has 0 bridgehead atoms. The molecule has 0 heterocycles. The lowest BCUT2D eigenvalue weighted by molar-refractivity contribution is -0.387. The normalized spacial score (nSPS) is 22.9. The van der Waals surface area contributed by atoms with Crippen LogP contribution in [0.5, 0.6) is 0 Å². The Hall–Kier alpha value is -1.54. The first-order chi connectivity index (χ1) is 9.29. The molecule has 8 heteroatoms. The van der Waals surface area contributed by atoms with Gasteiger partial charge in [0.05, 0.1) is 9.82 Å². The maximum atomic E-state index is 13.2. The number of hydrogen-bond acceptors (Lipinski definition) is 4. The summed E-state index contributed by atoms with van der Waals surface area (Å²) in [6.45, 7) is 2.04. The van der Waals surface area contributed by atoms with Crippen LogP contribution in [0.4, 0.5) is 10.1 Å². The van der Waals surface area contributed by atoms with Gasteiger partial charge in [-0.1, -0.05) is 6.92 Å². The molecule has 2 unspecified atom stereocenters. The van der Waals surface area contributed by atoms with Crippen LogP contribution in [-0.4, -0.2) is 19.4 Å². The van der Waals surface area contributed by atoms with Crippen LogP contribution in [0.3, 0.4) is 0 Å². The predicted octanol–water partition coefficient (Wildman–Crippen LogP) is 2.20. The first-order valence-electron chi connectivity index (χ1n) is 6.26. The minimum absolute atomic E-state index is 0.167. The van der Waals surface area contributed by atoms with Crippen molar-refractivity contribution in [1.82, 2.24) is 4.72 Å². The molecular formula is C12H15FN2O4S. The number of nitrogens with zero attached hydrogens (tertiary/aromatic N) is 1. The third kappa shape index (κ3) is 3.13. The van der Waals surface area contributed by atoms with Gasteiger partial charge in [-0.05, 0) is 37.3 Å². The molecule has 0 saturated heterocycles. The maximum absolute atomic E-state index is 13.2. The zero-order chi connectivity index (χ0) is 14.9. The Balaban J connectivity index is 2.25. The first-order valence-corrected chi connectivity index (χ1v) is 7.74. The fourth-order valence-electron chi connectivity index (χ4n) is 2.40. The van der Waals surface area contributed by atoms with Gasteiger partial charge in [-0.25, -0.2) is 13.1 Å². The van der Waals surface area contributed by atoms with E-state index in [2.05, 4.69) is 4.72 Å². The predicted molar refractivity (Wildman–Crippen MR) is 70.2 cm³/mol. The third-order valence-corrected chi connectivity index (χ3v) is 4.96. The van der Waals surface area contributed by atoms with E-state index in [-0.39, 0.29) is 10.9 Å². The summed E-state index contributed by atoms with van der Waals surface area (Å²) in [5, 5.41) is 10.6. The van der Waals surface area contributed by atoms with Gasteiger partial charge in [0.25, 0.3) is 0 Å². The Morgan fingerprint density at radius 2 is 2.10 bits per heavy atom. The van der Waals surface area contributed by atoms with E-state index in [1.165, 1.54) is 0 Å². The van der Waals surface area contributed by atoms with E-state index in [0.717, 1.165) is 37.5 Å². The Bertz CT molecular complexity index is 632. The van der Waals surface area contributed by atoms with Crippen LogP contribution >= 0.6 is 0 Å². The smallest absolute Gasteiger partial charge is 0.258 e. The first kappa shape index (κ1) is 14.9. The Kier molecular flexibility index (Phi) is 4.05. The minimum Gasteiger partial charge on any atom is -0.258 e. The van der Waals surface area contributed by atoms with Crippen molar-refractivity contribution in [1.29, 1.82) is 0 Å². The highest BCUT2D eigenvalue weighted by molar-refractivity contribution is 7.89. The molecule has 0 aromatic heterocycles. The highest BCUT2D eigenvalue weighted by Crippen LogP contribution is 2.27. The topological polar surface area (TPSA) is 89.3 Å². The average Bonchev–Trinajstić information content (AvgIpc) is 2.73. The SMILES string of the molecule is CC1CCC(NS(=O)(=O)c2ccc(F)c([N+](=O)[O-])c2)C1. The lowest BCUT2D eigenvalue weighted by atomic mass is 10.1. The van der Waals surface area contributed by atoms with Crippen molar-refractivity contribution in [2.24, 2.45) is 5.92 Å². The third-order valence-electron chi connectivity index (χ3n) is 3.44. The van der Waals surface area contributed by atoms with Crippen LogP contribution < -0.4 is 4.72 Å². The quantitative estimate of drug-likeness (QED) is 0.682. The Morgan fingerprint density at radius 3 is 2.65 bits per heavy atom. The van der Waals surface area contributed by atoms with E-state index in [1.807, 2.05) is 6.92 Å². The fourth-order valence-corrected chi connectivity index (χ4v) is 3.70. The molecule has 1 N–H and O–H groups in total. The molecule has 2 atom stereocenters. The molecule has 20 heavy (non-hydrogen) atoms. The summed E-state index contributed by atoms with van der Waals surface area (Å²) in [5.41, 5.74) is -0.840. The summed E-state index contributed by atoms with van der Waals surface area (Å²) in [7, 11) is -3.86. The molecule has 1 fully saturated rings. The summed E-state index contributed by atoms with van der Waals surface area (Å²) < 4.78 is 40.0. The van der Waals surface area contributed by atoms with E-state index >= 15 is 0 Å². The minimum atomic E-state index is -3.86. The zero-order valence-corrected chi connectivity index (χ0v) is 11.7.